The van der Waals surface area contributed by atoms with Crippen molar-refractivity contribution in [1.29, 1.82) is 0 Å². The molecule has 0 aromatic rings. The van der Waals surface area contributed by atoms with Crippen LogP contribution in [0.25, 0.3) is 0 Å². The first kappa shape index (κ1) is 5.06. The topological polar surface area (TPSA) is 18.5 Å². The first-order valence-corrected chi connectivity index (χ1v) is 2.42. The second-order valence-electron chi connectivity index (χ2n) is 1.60. The Bertz CT molecular complexity index is 48.0. The quantitative estimate of drug-likeness (QED) is 0.444. The summed E-state index contributed by atoms with van der Waals surface area (Å²) in [5.74, 6) is 0. The Morgan fingerprint density at radius 3 is 2.57 bits per heavy atom. The highest BCUT2D eigenvalue weighted by atomic mass is 16.6. The summed E-state index contributed by atoms with van der Waals surface area (Å²) in [5.41, 5.74) is 0. The van der Waals surface area contributed by atoms with Gasteiger partial charge in [-0.3, -0.25) is 0 Å². The molecular formula is C5H9O2. The minimum atomic E-state index is 0.681. The molecular weight excluding hydrogens is 92.1 g/mol. The fourth-order valence-electron chi connectivity index (χ4n) is 0.532. The van der Waals surface area contributed by atoms with E-state index in [0.717, 1.165) is 19.3 Å². The Hall–Kier alpha value is -0.0800. The second-order valence-corrected chi connectivity index (χ2v) is 1.60. The van der Waals surface area contributed by atoms with Crippen molar-refractivity contribution in [2.24, 2.45) is 0 Å². The molecule has 1 saturated heterocycles. The zero-order valence-corrected chi connectivity index (χ0v) is 4.44. The highest BCUT2D eigenvalue weighted by Gasteiger charge is 2.07. The maximum absolute atomic E-state index is 5.07. The van der Waals surface area contributed by atoms with E-state index in [1.54, 1.807) is 0 Å². The van der Waals surface area contributed by atoms with Gasteiger partial charge in [-0.05, 0) is 6.92 Å². The molecule has 0 bridgehead atoms. The predicted octanol–water partition coefficient (Wildman–Crippen LogP) is 0.585. The Labute approximate surface area is 43.4 Å². The predicted molar refractivity (Wildman–Crippen MR) is 25.7 cm³/mol. The van der Waals surface area contributed by atoms with Gasteiger partial charge < -0.3 is 9.47 Å². The highest BCUT2D eigenvalue weighted by Crippen LogP contribution is 2.04. The maximum Gasteiger partial charge on any atom is 0.120 e. The lowest BCUT2D eigenvalue weighted by molar-refractivity contribution is -0.0245. The normalized spacial score (nSPS) is 25.3. The molecule has 7 heavy (non-hydrogen) atoms. The Kier molecular flexibility index (Phi) is 1.65. The van der Waals surface area contributed by atoms with Crippen LogP contribution in [0.15, 0.2) is 0 Å². The lowest BCUT2D eigenvalue weighted by Crippen LogP contribution is -2.19. The van der Waals surface area contributed by atoms with Crippen LogP contribution in [0.3, 0.4) is 0 Å². The van der Waals surface area contributed by atoms with Crippen LogP contribution in [0, 0.1) is 6.10 Å². The number of hydrogen-bond acceptors (Lipinski definition) is 2. The van der Waals surface area contributed by atoms with Crippen molar-refractivity contribution in [1.82, 2.24) is 0 Å². The molecule has 0 N–H and O–H groups in total. The van der Waals surface area contributed by atoms with Gasteiger partial charge in [0.05, 0.1) is 19.8 Å². The summed E-state index contributed by atoms with van der Waals surface area (Å²) < 4.78 is 10.1. The van der Waals surface area contributed by atoms with Gasteiger partial charge >= 0.3 is 0 Å². The smallest absolute Gasteiger partial charge is 0.120 e. The average Bonchev–Trinajstić information content (AvgIpc) is 1.69. The Morgan fingerprint density at radius 2 is 2.29 bits per heavy atom. The zero-order chi connectivity index (χ0) is 5.11. The van der Waals surface area contributed by atoms with Crippen LogP contribution in [-0.2, 0) is 9.47 Å². The summed E-state index contributed by atoms with van der Waals surface area (Å²) in [6, 6.07) is 0. The van der Waals surface area contributed by atoms with Gasteiger partial charge in [0.25, 0.3) is 0 Å². The standard InChI is InChI=1S/C5H9O2/c1-5-4-6-2-3-7-5/h2-4H2,1H3. The van der Waals surface area contributed by atoms with Crippen molar-refractivity contribution in [3.63, 3.8) is 0 Å². The van der Waals surface area contributed by atoms with Gasteiger partial charge in [0.15, 0.2) is 0 Å². The van der Waals surface area contributed by atoms with Gasteiger partial charge in [0.1, 0.15) is 6.10 Å². The molecule has 1 rings (SSSR count). The summed E-state index contributed by atoms with van der Waals surface area (Å²) in [7, 11) is 0. The fraction of sp³-hybridized carbons (Fsp3) is 0.800. The molecule has 1 aliphatic rings. The van der Waals surface area contributed by atoms with Crippen LogP contribution < -0.4 is 0 Å². The third-order valence-corrected chi connectivity index (χ3v) is 0.881. The van der Waals surface area contributed by atoms with Gasteiger partial charge in [-0.15, -0.1) is 0 Å². The minimum Gasteiger partial charge on any atom is -0.376 e. The monoisotopic (exact) mass is 101 g/mol. The van der Waals surface area contributed by atoms with Crippen molar-refractivity contribution in [2.75, 3.05) is 19.8 Å². The molecule has 0 aliphatic carbocycles. The van der Waals surface area contributed by atoms with E-state index in [1.807, 2.05) is 6.92 Å². The zero-order valence-electron chi connectivity index (χ0n) is 4.44. The Balaban J connectivity index is 2.12. The summed E-state index contributed by atoms with van der Waals surface area (Å²) in [6.07, 6.45) is 0.992. The summed E-state index contributed by atoms with van der Waals surface area (Å²) >= 11 is 0. The van der Waals surface area contributed by atoms with Crippen LogP contribution in [-0.4, -0.2) is 19.8 Å². The molecule has 41 valence electrons. The van der Waals surface area contributed by atoms with Crippen LogP contribution in [0.2, 0.25) is 0 Å². The van der Waals surface area contributed by atoms with Crippen LogP contribution in [0.4, 0.5) is 0 Å². The summed E-state index contributed by atoms with van der Waals surface area (Å²) in [4.78, 5) is 0. The van der Waals surface area contributed by atoms with E-state index >= 15 is 0 Å². The van der Waals surface area contributed by atoms with E-state index < -0.39 is 0 Å². The SMILES string of the molecule is C[C]1COCCO1. The first-order valence-electron chi connectivity index (χ1n) is 2.42. The van der Waals surface area contributed by atoms with E-state index in [4.69, 9.17) is 9.47 Å². The van der Waals surface area contributed by atoms with E-state index in [-0.39, 0.29) is 0 Å². The molecule has 0 saturated carbocycles. The lowest BCUT2D eigenvalue weighted by Gasteiger charge is -2.17. The summed E-state index contributed by atoms with van der Waals surface area (Å²) in [6.45, 7) is 4.09. The molecule has 0 amide bonds. The van der Waals surface area contributed by atoms with E-state index in [0.29, 0.717) is 6.61 Å². The highest BCUT2D eigenvalue weighted by molar-refractivity contribution is 4.72. The third-order valence-electron chi connectivity index (χ3n) is 0.881. The lowest BCUT2D eigenvalue weighted by atomic mass is 10.4. The molecule has 0 aromatic heterocycles. The molecule has 0 atom stereocenters. The third kappa shape index (κ3) is 1.45. The molecule has 1 aliphatic heterocycles. The molecule has 2 nitrogen and oxygen atoms in total. The van der Waals surface area contributed by atoms with Gasteiger partial charge in [-0.2, -0.15) is 0 Å². The van der Waals surface area contributed by atoms with E-state index in [9.17, 15) is 0 Å². The maximum atomic E-state index is 5.07. The number of ether oxygens (including phenoxy) is 2. The number of hydrogen-bond donors (Lipinski definition) is 0. The van der Waals surface area contributed by atoms with Gasteiger partial charge in [-0.25, -0.2) is 0 Å². The second kappa shape index (κ2) is 2.28. The van der Waals surface area contributed by atoms with Gasteiger partial charge in [0, 0.05) is 0 Å². The molecule has 2 heteroatoms. The van der Waals surface area contributed by atoms with Gasteiger partial charge in [-0.1, -0.05) is 0 Å². The molecule has 1 fully saturated rings. The minimum absolute atomic E-state index is 0.681. The van der Waals surface area contributed by atoms with Crippen LogP contribution in [0.1, 0.15) is 6.92 Å². The van der Waals surface area contributed by atoms with E-state index in [2.05, 4.69) is 0 Å². The largest absolute Gasteiger partial charge is 0.376 e. The molecule has 1 heterocycles. The van der Waals surface area contributed by atoms with Crippen LogP contribution >= 0.6 is 0 Å². The van der Waals surface area contributed by atoms with Crippen molar-refractivity contribution in [3.05, 3.63) is 6.10 Å². The van der Waals surface area contributed by atoms with Gasteiger partial charge in [0.2, 0.25) is 0 Å². The average molecular weight is 101 g/mol. The fourth-order valence-corrected chi connectivity index (χ4v) is 0.532. The van der Waals surface area contributed by atoms with Crippen LogP contribution in [0.5, 0.6) is 0 Å². The van der Waals surface area contributed by atoms with Crippen molar-refractivity contribution in [3.8, 4) is 0 Å². The Morgan fingerprint density at radius 1 is 1.43 bits per heavy atom. The van der Waals surface area contributed by atoms with Crippen molar-refractivity contribution in [2.45, 2.75) is 6.92 Å². The van der Waals surface area contributed by atoms with Crippen molar-refractivity contribution >= 4 is 0 Å². The number of rotatable bonds is 0. The molecule has 0 unspecified atom stereocenters. The first-order chi connectivity index (χ1) is 3.39. The molecule has 0 spiro atoms. The molecule has 0 aromatic carbocycles. The summed E-state index contributed by atoms with van der Waals surface area (Å²) in [5, 5.41) is 0. The van der Waals surface area contributed by atoms with E-state index in [1.165, 1.54) is 0 Å². The van der Waals surface area contributed by atoms with Crippen molar-refractivity contribution < 1.29 is 9.47 Å². The molecule has 1 radical (unpaired) electrons.